The Hall–Kier alpha value is -4.13. The topological polar surface area (TPSA) is 39.4 Å². The highest BCUT2D eigenvalue weighted by atomic mass is 19.4. The third-order valence-electron chi connectivity index (χ3n) is 5.48. The molecule has 0 radical (unpaired) electrons. The van der Waals surface area contributed by atoms with Crippen LogP contribution >= 0.6 is 0 Å². The number of nitrogens with zero attached hydrogens (tertiary/aromatic N) is 3. The monoisotopic (exact) mass is 459 g/mol. The molecule has 0 aliphatic rings. The van der Waals surface area contributed by atoms with Crippen molar-refractivity contribution in [2.45, 2.75) is 19.7 Å². The Labute approximate surface area is 194 Å². The summed E-state index contributed by atoms with van der Waals surface area (Å²) >= 11 is 0. The Balaban J connectivity index is 1.74. The highest BCUT2D eigenvalue weighted by Gasteiger charge is 2.36. The second-order valence-corrected chi connectivity index (χ2v) is 7.92. The molecule has 0 aliphatic carbocycles. The summed E-state index contributed by atoms with van der Waals surface area (Å²) in [5.41, 5.74) is 2.67. The minimum Gasteiger partial charge on any atom is -0.487 e. The SMILES string of the molecule is Cc1ccc(-c2cc(C(F)(F)F)n3nc(COc4ccccc4)c(-c4ccccc4)c3n2)cc1. The van der Waals surface area contributed by atoms with Crippen molar-refractivity contribution in [3.63, 3.8) is 0 Å². The number of aryl methyl sites for hydroxylation is 1. The maximum absolute atomic E-state index is 14.2. The number of rotatable bonds is 5. The summed E-state index contributed by atoms with van der Waals surface area (Å²) in [5, 5.41) is 4.33. The van der Waals surface area contributed by atoms with Gasteiger partial charge >= 0.3 is 6.18 Å². The van der Waals surface area contributed by atoms with E-state index in [0.29, 0.717) is 28.1 Å². The number of alkyl halides is 3. The van der Waals surface area contributed by atoms with Crippen LogP contribution in [0.3, 0.4) is 0 Å². The van der Waals surface area contributed by atoms with E-state index in [0.717, 1.165) is 16.1 Å². The van der Waals surface area contributed by atoms with Gasteiger partial charge in [-0.05, 0) is 30.7 Å². The Kier molecular flexibility index (Phi) is 5.53. The first-order valence-electron chi connectivity index (χ1n) is 10.7. The molecular formula is C27H20F3N3O. The lowest BCUT2D eigenvalue weighted by molar-refractivity contribution is -0.142. The van der Waals surface area contributed by atoms with Gasteiger partial charge in [-0.3, -0.25) is 0 Å². The van der Waals surface area contributed by atoms with E-state index in [1.54, 1.807) is 24.3 Å². The van der Waals surface area contributed by atoms with E-state index >= 15 is 0 Å². The Morgan fingerprint density at radius 2 is 1.47 bits per heavy atom. The van der Waals surface area contributed by atoms with Gasteiger partial charge in [0.25, 0.3) is 0 Å². The molecule has 0 amide bonds. The molecule has 0 spiro atoms. The molecule has 2 heterocycles. The van der Waals surface area contributed by atoms with Crippen molar-refractivity contribution in [1.29, 1.82) is 0 Å². The molecule has 34 heavy (non-hydrogen) atoms. The molecule has 0 saturated heterocycles. The fraction of sp³-hybridized carbons (Fsp3) is 0.111. The maximum atomic E-state index is 14.2. The summed E-state index contributed by atoms with van der Waals surface area (Å²) in [5.74, 6) is 0.600. The molecule has 0 aliphatic heterocycles. The van der Waals surface area contributed by atoms with E-state index < -0.39 is 11.9 Å². The minimum atomic E-state index is -4.63. The van der Waals surface area contributed by atoms with E-state index in [-0.39, 0.29) is 17.9 Å². The highest BCUT2D eigenvalue weighted by Crippen LogP contribution is 2.36. The first kappa shape index (κ1) is 21.7. The minimum absolute atomic E-state index is 0.00520. The third-order valence-corrected chi connectivity index (χ3v) is 5.48. The molecule has 0 bridgehead atoms. The maximum Gasteiger partial charge on any atom is 0.433 e. The van der Waals surface area contributed by atoms with Crippen LogP contribution in [0.15, 0.2) is 91.0 Å². The zero-order chi connectivity index (χ0) is 23.7. The van der Waals surface area contributed by atoms with Crippen LogP contribution in [0, 0.1) is 6.92 Å². The van der Waals surface area contributed by atoms with Crippen molar-refractivity contribution in [2.24, 2.45) is 0 Å². The Bertz CT molecular complexity index is 1430. The predicted molar refractivity (Wildman–Crippen MR) is 124 cm³/mol. The number of halogens is 3. The fourth-order valence-corrected chi connectivity index (χ4v) is 3.81. The quantitative estimate of drug-likeness (QED) is 0.285. The first-order valence-corrected chi connectivity index (χ1v) is 10.7. The number of ether oxygens (including phenoxy) is 1. The number of fused-ring (bicyclic) bond motifs is 1. The standard InChI is InChI=1S/C27H20F3N3O/c1-18-12-14-19(15-13-18)22-16-24(27(28,29)30)33-26(31-22)25(20-8-4-2-5-9-20)23(32-33)17-34-21-10-6-3-7-11-21/h2-16H,17H2,1H3. The summed E-state index contributed by atoms with van der Waals surface area (Å²) in [6, 6.07) is 26.5. The average molecular weight is 459 g/mol. The van der Waals surface area contributed by atoms with Crippen LogP contribution in [0.2, 0.25) is 0 Å². The fourth-order valence-electron chi connectivity index (χ4n) is 3.81. The average Bonchev–Trinajstić information content (AvgIpc) is 3.21. The van der Waals surface area contributed by atoms with E-state index in [4.69, 9.17) is 4.74 Å². The molecule has 5 rings (SSSR count). The van der Waals surface area contributed by atoms with E-state index in [1.807, 2.05) is 67.6 Å². The Morgan fingerprint density at radius 1 is 0.824 bits per heavy atom. The van der Waals surface area contributed by atoms with Gasteiger partial charge in [0.1, 0.15) is 18.1 Å². The van der Waals surface area contributed by atoms with Crippen LogP contribution in [0.4, 0.5) is 13.2 Å². The second kappa shape index (κ2) is 8.67. The van der Waals surface area contributed by atoms with Gasteiger partial charge in [-0.25, -0.2) is 9.50 Å². The molecule has 0 atom stereocenters. The lowest BCUT2D eigenvalue weighted by Crippen LogP contribution is -2.14. The van der Waals surface area contributed by atoms with Crippen LogP contribution in [0.1, 0.15) is 17.0 Å². The molecule has 4 nitrogen and oxygen atoms in total. The van der Waals surface area contributed by atoms with Crippen LogP contribution in [-0.4, -0.2) is 14.6 Å². The zero-order valence-electron chi connectivity index (χ0n) is 18.3. The lowest BCUT2D eigenvalue weighted by atomic mass is 10.1. The summed E-state index contributed by atoms with van der Waals surface area (Å²) in [4.78, 5) is 4.65. The molecule has 0 N–H and O–H groups in total. The summed E-state index contributed by atoms with van der Waals surface area (Å²) in [7, 11) is 0. The van der Waals surface area contributed by atoms with Crippen LogP contribution in [0.25, 0.3) is 28.0 Å². The number of para-hydroxylation sites is 1. The van der Waals surface area contributed by atoms with Gasteiger partial charge in [-0.15, -0.1) is 0 Å². The van der Waals surface area contributed by atoms with E-state index in [2.05, 4.69) is 10.1 Å². The van der Waals surface area contributed by atoms with Crippen molar-refractivity contribution in [2.75, 3.05) is 0 Å². The molecule has 2 aromatic heterocycles. The molecule has 0 unspecified atom stereocenters. The summed E-state index contributed by atoms with van der Waals surface area (Å²) in [6.45, 7) is 1.92. The van der Waals surface area contributed by atoms with Gasteiger partial charge in [0, 0.05) is 5.56 Å². The normalized spacial score (nSPS) is 11.6. The first-order chi connectivity index (χ1) is 16.4. The zero-order valence-corrected chi connectivity index (χ0v) is 18.3. The molecule has 0 saturated carbocycles. The van der Waals surface area contributed by atoms with Crippen LogP contribution in [0.5, 0.6) is 5.75 Å². The third kappa shape index (κ3) is 4.24. The molecular weight excluding hydrogens is 439 g/mol. The highest BCUT2D eigenvalue weighted by molar-refractivity contribution is 5.81. The van der Waals surface area contributed by atoms with E-state index in [9.17, 15) is 13.2 Å². The van der Waals surface area contributed by atoms with Crippen LogP contribution < -0.4 is 4.74 Å². The number of hydrogen-bond donors (Lipinski definition) is 0. The predicted octanol–water partition coefficient (Wildman–Crippen LogP) is 6.97. The van der Waals surface area contributed by atoms with Crippen molar-refractivity contribution in [3.05, 3.63) is 108 Å². The van der Waals surface area contributed by atoms with Gasteiger partial charge < -0.3 is 4.74 Å². The lowest BCUT2D eigenvalue weighted by Gasteiger charge is -2.12. The van der Waals surface area contributed by atoms with Gasteiger partial charge in [-0.1, -0.05) is 78.4 Å². The van der Waals surface area contributed by atoms with Crippen molar-refractivity contribution in [1.82, 2.24) is 14.6 Å². The molecule has 5 aromatic rings. The largest absolute Gasteiger partial charge is 0.487 e. The van der Waals surface area contributed by atoms with Crippen molar-refractivity contribution in [3.8, 4) is 28.1 Å². The Morgan fingerprint density at radius 3 is 2.12 bits per heavy atom. The van der Waals surface area contributed by atoms with Crippen LogP contribution in [-0.2, 0) is 12.8 Å². The number of benzene rings is 3. The second-order valence-electron chi connectivity index (χ2n) is 7.92. The van der Waals surface area contributed by atoms with Crippen molar-refractivity contribution < 1.29 is 17.9 Å². The molecule has 170 valence electrons. The van der Waals surface area contributed by atoms with Gasteiger partial charge in [0.05, 0.1) is 11.3 Å². The van der Waals surface area contributed by atoms with Crippen molar-refractivity contribution >= 4 is 5.65 Å². The smallest absolute Gasteiger partial charge is 0.433 e. The van der Waals surface area contributed by atoms with Gasteiger partial charge in [0.15, 0.2) is 11.3 Å². The van der Waals surface area contributed by atoms with E-state index in [1.165, 1.54) is 0 Å². The summed E-state index contributed by atoms with van der Waals surface area (Å²) in [6.07, 6.45) is -4.63. The number of aromatic nitrogens is 3. The number of hydrogen-bond acceptors (Lipinski definition) is 3. The van der Waals surface area contributed by atoms with Gasteiger partial charge in [0.2, 0.25) is 0 Å². The molecule has 0 fully saturated rings. The summed E-state index contributed by atoms with van der Waals surface area (Å²) < 4.78 is 49.2. The van der Waals surface area contributed by atoms with Gasteiger partial charge in [-0.2, -0.15) is 18.3 Å². The molecule has 3 aromatic carbocycles. The molecule has 7 heteroatoms.